The molecule has 31 heavy (non-hydrogen) atoms. The fourth-order valence-corrected chi connectivity index (χ4v) is 3.65. The Kier molecular flexibility index (Phi) is 6.18. The summed E-state index contributed by atoms with van der Waals surface area (Å²) < 4.78 is 5.82. The Morgan fingerprint density at radius 2 is 1.87 bits per heavy atom. The molecule has 2 amide bonds. The lowest BCUT2D eigenvalue weighted by Crippen LogP contribution is -2.31. The van der Waals surface area contributed by atoms with Gasteiger partial charge < -0.3 is 19.6 Å². The van der Waals surface area contributed by atoms with Crippen LogP contribution in [0, 0.1) is 0 Å². The molecule has 2 N–H and O–H groups in total. The van der Waals surface area contributed by atoms with Gasteiger partial charge in [-0.1, -0.05) is 24.3 Å². The number of imidazole rings is 1. The number of benzene rings is 2. The molecule has 0 fully saturated rings. The predicted molar refractivity (Wildman–Crippen MR) is 122 cm³/mol. The lowest BCUT2D eigenvalue weighted by molar-refractivity contribution is 0.0953. The Balaban J connectivity index is 1.37. The number of nitrogens with zero attached hydrogens (tertiary/aromatic N) is 2. The van der Waals surface area contributed by atoms with Crippen LogP contribution in [0.4, 0.5) is 5.69 Å². The zero-order valence-electron chi connectivity index (χ0n) is 16.9. The normalized spacial score (nSPS) is 10.9. The summed E-state index contributed by atoms with van der Waals surface area (Å²) in [4.78, 5) is 34.7. The third-order valence-corrected chi connectivity index (χ3v) is 5.34. The lowest BCUT2D eigenvalue weighted by atomic mass is 10.1. The summed E-state index contributed by atoms with van der Waals surface area (Å²) in [7, 11) is 1.62. The van der Waals surface area contributed by atoms with Crippen LogP contribution in [0.15, 0.2) is 69.8 Å². The number of carbonyl (C=O) groups is 2. The van der Waals surface area contributed by atoms with Crippen molar-refractivity contribution in [2.24, 2.45) is 0 Å². The molecule has 0 saturated carbocycles. The minimum absolute atomic E-state index is 0.190. The Bertz CT molecular complexity index is 1200. The van der Waals surface area contributed by atoms with Crippen molar-refractivity contribution in [3.8, 4) is 0 Å². The number of furan rings is 1. The van der Waals surface area contributed by atoms with Crippen molar-refractivity contribution in [2.75, 3.05) is 18.5 Å². The maximum absolute atomic E-state index is 12.8. The summed E-state index contributed by atoms with van der Waals surface area (Å²) in [5, 5.41) is 2.93. The number of fused-ring (bicyclic) bond motifs is 1. The number of rotatable bonds is 7. The number of amides is 2. The zero-order chi connectivity index (χ0) is 21.8. The minimum Gasteiger partial charge on any atom is -0.444 e. The largest absolute Gasteiger partial charge is 0.444 e. The van der Waals surface area contributed by atoms with Gasteiger partial charge in [0.05, 0.1) is 22.3 Å². The van der Waals surface area contributed by atoms with Crippen LogP contribution in [0.3, 0.4) is 0 Å². The van der Waals surface area contributed by atoms with E-state index in [0.717, 1.165) is 29.7 Å². The highest BCUT2D eigenvalue weighted by Crippen LogP contribution is 2.23. The van der Waals surface area contributed by atoms with Gasteiger partial charge in [0.25, 0.3) is 11.8 Å². The van der Waals surface area contributed by atoms with Crippen LogP contribution in [0.2, 0.25) is 0 Å². The molecule has 0 aliphatic heterocycles. The molecule has 0 unspecified atom stereocenters. The molecule has 0 bridgehead atoms. The van der Waals surface area contributed by atoms with Gasteiger partial charge in [0.1, 0.15) is 5.82 Å². The van der Waals surface area contributed by atoms with E-state index in [-0.39, 0.29) is 17.6 Å². The summed E-state index contributed by atoms with van der Waals surface area (Å²) in [6, 6.07) is 18.1. The quantitative estimate of drug-likeness (QED) is 0.379. The topological polar surface area (TPSA) is 91.2 Å². The summed E-state index contributed by atoms with van der Waals surface area (Å²) in [6.45, 7) is 0.493. The van der Waals surface area contributed by atoms with Gasteiger partial charge in [-0.05, 0) is 58.7 Å². The molecule has 4 rings (SSSR count). The molecule has 2 aromatic carbocycles. The first-order valence-electron chi connectivity index (χ1n) is 9.87. The second-order valence-electron chi connectivity index (χ2n) is 7.05. The van der Waals surface area contributed by atoms with E-state index in [2.05, 4.69) is 31.2 Å². The van der Waals surface area contributed by atoms with Crippen molar-refractivity contribution in [1.29, 1.82) is 0 Å². The molecule has 0 saturated heterocycles. The van der Waals surface area contributed by atoms with Gasteiger partial charge in [-0.2, -0.15) is 0 Å². The number of hydrogen-bond donors (Lipinski definition) is 2. The van der Waals surface area contributed by atoms with E-state index >= 15 is 0 Å². The van der Waals surface area contributed by atoms with Gasteiger partial charge in [-0.15, -0.1) is 0 Å². The molecular weight excluding hydrogens is 460 g/mol. The van der Waals surface area contributed by atoms with Crippen molar-refractivity contribution < 1.29 is 14.0 Å². The van der Waals surface area contributed by atoms with Gasteiger partial charge in [0.15, 0.2) is 10.4 Å². The number of aromatic nitrogens is 2. The molecule has 0 radical (unpaired) electrons. The Labute approximate surface area is 187 Å². The summed E-state index contributed by atoms with van der Waals surface area (Å²) in [5.74, 6) is 0.512. The number of aromatic amines is 1. The summed E-state index contributed by atoms with van der Waals surface area (Å²) >= 11 is 3.20. The molecule has 0 atom stereocenters. The maximum atomic E-state index is 12.8. The summed E-state index contributed by atoms with van der Waals surface area (Å²) in [5.41, 5.74) is 2.88. The number of para-hydroxylation sites is 3. The zero-order valence-corrected chi connectivity index (χ0v) is 18.5. The number of nitrogens with one attached hydrogen (secondary N) is 2. The average molecular weight is 481 g/mol. The molecule has 158 valence electrons. The average Bonchev–Trinajstić information content (AvgIpc) is 3.41. The smallest absolute Gasteiger partial charge is 0.293 e. The van der Waals surface area contributed by atoms with Crippen molar-refractivity contribution in [3.63, 3.8) is 0 Å². The van der Waals surface area contributed by atoms with E-state index in [1.165, 1.54) is 4.90 Å². The molecule has 2 aromatic heterocycles. The van der Waals surface area contributed by atoms with Gasteiger partial charge in [-0.3, -0.25) is 9.59 Å². The van der Waals surface area contributed by atoms with Crippen molar-refractivity contribution in [3.05, 3.63) is 82.5 Å². The first-order chi connectivity index (χ1) is 15.0. The monoisotopic (exact) mass is 480 g/mol. The molecular formula is C23H21BrN4O3. The number of aryl methyl sites for hydroxylation is 1. The number of carbonyl (C=O) groups excluding carboxylic acids is 2. The lowest BCUT2D eigenvalue weighted by Gasteiger charge is -2.19. The highest BCUT2D eigenvalue weighted by molar-refractivity contribution is 9.10. The standard InChI is InChI=1S/C23H21BrN4O3/c1-28(23(30)19-12-13-20(24)31-19)18-10-5-2-7-15(18)22(29)25-14-6-11-21-26-16-8-3-4-9-17(16)27-21/h2-5,7-10,12-13H,6,11,14H2,1H3,(H,25,29)(H,26,27). The first kappa shape index (κ1) is 20.9. The predicted octanol–water partition coefficient (Wildman–Crippen LogP) is 4.56. The number of halogens is 1. The Hall–Kier alpha value is -3.39. The minimum atomic E-state index is -0.337. The van der Waals surface area contributed by atoms with Crippen LogP contribution in [0.1, 0.15) is 33.2 Å². The highest BCUT2D eigenvalue weighted by atomic mass is 79.9. The van der Waals surface area contributed by atoms with Crippen LogP contribution in [0.25, 0.3) is 11.0 Å². The van der Waals surface area contributed by atoms with E-state index in [9.17, 15) is 9.59 Å². The molecule has 0 aliphatic rings. The summed E-state index contributed by atoms with van der Waals surface area (Å²) in [6.07, 6.45) is 1.46. The molecule has 0 aliphatic carbocycles. The van der Waals surface area contributed by atoms with Gasteiger partial charge >= 0.3 is 0 Å². The first-order valence-corrected chi connectivity index (χ1v) is 10.7. The molecule has 8 heteroatoms. The number of anilines is 1. The van der Waals surface area contributed by atoms with Gasteiger partial charge in [-0.25, -0.2) is 4.98 Å². The third kappa shape index (κ3) is 4.69. The second-order valence-corrected chi connectivity index (χ2v) is 7.83. The van der Waals surface area contributed by atoms with E-state index in [4.69, 9.17) is 4.42 Å². The number of hydrogen-bond acceptors (Lipinski definition) is 4. The van der Waals surface area contributed by atoms with Crippen LogP contribution in [-0.2, 0) is 6.42 Å². The van der Waals surface area contributed by atoms with Crippen LogP contribution >= 0.6 is 15.9 Å². The van der Waals surface area contributed by atoms with E-state index in [0.29, 0.717) is 22.5 Å². The maximum Gasteiger partial charge on any atom is 0.293 e. The van der Waals surface area contributed by atoms with Crippen LogP contribution < -0.4 is 10.2 Å². The SMILES string of the molecule is CN(C(=O)c1ccc(Br)o1)c1ccccc1C(=O)NCCCc1nc2ccccc2[nH]1. The number of H-pyrrole nitrogens is 1. The van der Waals surface area contributed by atoms with E-state index < -0.39 is 0 Å². The van der Waals surface area contributed by atoms with Crippen LogP contribution in [0.5, 0.6) is 0 Å². The molecule has 2 heterocycles. The second kappa shape index (κ2) is 9.18. The van der Waals surface area contributed by atoms with Crippen molar-refractivity contribution in [1.82, 2.24) is 15.3 Å². The van der Waals surface area contributed by atoms with Gasteiger partial charge in [0.2, 0.25) is 0 Å². The van der Waals surface area contributed by atoms with E-state index in [1.807, 2.05) is 24.3 Å². The third-order valence-electron chi connectivity index (χ3n) is 4.91. The Morgan fingerprint density at radius 3 is 2.65 bits per heavy atom. The van der Waals surface area contributed by atoms with E-state index in [1.54, 1.807) is 43.4 Å². The van der Waals surface area contributed by atoms with Crippen molar-refractivity contribution >= 4 is 44.5 Å². The van der Waals surface area contributed by atoms with Crippen LogP contribution in [-0.4, -0.2) is 35.4 Å². The Morgan fingerprint density at radius 1 is 1.10 bits per heavy atom. The highest BCUT2D eigenvalue weighted by Gasteiger charge is 2.21. The molecule has 0 spiro atoms. The fourth-order valence-electron chi connectivity index (χ4n) is 3.34. The molecule has 4 aromatic rings. The molecule has 7 nitrogen and oxygen atoms in total. The fraction of sp³-hybridized carbons (Fsp3) is 0.174. The van der Waals surface area contributed by atoms with Crippen molar-refractivity contribution in [2.45, 2.75) is 12.8 Å². The van der Waals surface area contributed by atoms with Gasteiger partial charge in [0, 0.05) is 20.0 Å².